The zero-order valence-electron chi connectivity index (χ0n) is 7.86. The lowest BCUT2D eigenvalue weighted by atomic mass is 10.1. The summed E-state index contributed by atoms with van der Waals surface area (Å²) in [6, 6.07) is 3.90. The molecule has 1 aliphatic heterocycles. The first-order valence-electron chi connectivity index (χ1n) is 4.47. The Morgan fingerprint density at radius 3 is 2.86 bits per heavy atom. The lowest BCUT2D eigenvalue weighted by molar-refractivity contribution is -0.114. The topological polar surface area (TPSA) is 41.1 Å². The second-order valence-corrected chi connectivity index (χ2v) is 4.19. The molecule has 0 fully saturated rings. The Bertz CT molecular complexity index is 390. The fraction of sp³-hybridized carbons (Fsp3) is 0.300. The average molecular weight is 255 g/mol. The molecule has 0 saturated carbocycles. The Kier molecular flexibility index (Phi) is 2.56. The maximum absolute atomic E-state index is 11.0. The molecule has 0 aliphatic carbocycles. The lowest BCUT2D eigenvalue weighted by Crippen LogP contribution is -2.08. The van der Waals surface area contributed by atoms with Gasteiger partial charge in [-0.25, -0.2) is 0 Å². The van der Waals surface area contributed by atoms with Gasteiger partial charge in [0.25, 0.3) is 0 Å². The maximum atomic E-state index is 11.0. The second-order valence-electron chi connectivity index (χ2n) is 3.34. The van der Waals surface area contributed by atoms with Crippen LogP contribution in [0.15, 0.2) is 16.6 Å². The van der Waals surface area contributed by atoms with Crippen molar-refractivity contribution in [2.75, 3.05) is 5.32 Å². The first-order valence-corrected chi connectivity index (χ1v) is 5.26. The molecule has 14 heavy (non-hydrogen) atoms. The molecule has 0 aromatic heterocycles. The van der Waals surface area contributed by atoms with Crippen LogP contribution in [0.1, 0.15) is 18.1 Å². The molecule has 74 valence electrons. The molecule has 0 saturated heterocycles. The van der Waals surface area contributed by atoms with E-state index in [-0.39, 0.29) is 5.91 Å². The van der Waals surface area contributed by atoms with E-state index in [9.17, 15) is 4.79 Å². The number of hydrogen-bond donors (Lipinski definition) is 2. The van der Waals surface area contributed by atoms with Gasteiger partial charge in [0.1, 0.15) is 0 Å². The molecule has 1 heterocycles. The predicted octanol–water partition coefficient (Wildman–Crippen LogP) is 2.01. The maximum Gasteiger partial charge on any atom is 0.221 e. The monoisotopic (exact) mass is 254 g/mol. The van der Waals surface area contributed by atoms with Gasteiger partial charge >= 0.3 is 0 Å². The summed E-state index contributed by atoms with van der Waals surface area (Å²) in [4.78, 5) is 11.0. The minimum absolute atomic E-state index is 0.0265. The Balaban J connectivity index is 2.43. The van der Waals surface area contributed by atoms with E-state index < -0.39 is 0 Å². The number of carbonyl (C=O) groups is 1. The number of amides is 1. The zero-order chi connectivity index (χ0) is 10.1. The quantitative estimate of drug-likeness (QED) is 0.805. The van der Waals surface area contributed by atoms with Crippen molar-refractivity contribution >= 4 is 27.5 Å². The van der Waals surface area contributed by atoms with E-state index >= 15 is 0 Å². The fourth-order valence-corrected chi connectivity index (χ4v) is 2.19. The summed E-state index contributed by atoms with van der Waals surface area (Å²) in [5, 5.41) is 6.09. The highest BCUT2D eigenvalue weighted by molar-refractivity contribution is 9.10. The third kappa shape index (κ3) is 1.67. The molecule has 4 heteroatoms. The number of halogens is 1. The van der Waals surface area contributed by atoms with Crippen LogP contribution in [0.4, 0.5) is 5.69 Å². The van der Waals surface area contributed by atoms with Crippen LogP contribution >= 0.6 is 15.9 Å². The van der Waals surface area contributed by atoms with E-state index in [1.54, 1.807) is 0 Å². The average Bonchev–Trinajstić information content (AvgIpc) is 2.58. The summed E-state index contributed by atoms with van der Waals surface area (Å²) in [6.45, 7) is 3.21. The number of rotatable bonds is 1. The van der Waals surface area contributed by atoms with Gasteiger partial charge < -0.3 is 10.6 Å². The molecule has 0 spiro atoms. The Morgan fingerprint density at radius 1 is 1.43 bits per heavy atom. The Morgan fingerprint density at radius 2 is 2.14 bits per heavy atom. The van der Waals surface area contributed by atoms with Crippen LogP contribution in [-0.2, 0) is 17.9 Å². The van der Waals surface area contributed by atoms with E-state index in [4.69, 9.17) is 0 Å². The van der Waals surface area contributed by atoms with Gasteiger partial charge in [-0.2, -0.15) is 0 Å². The molecule has 2 rings (SSSR count). The summed E-state index contributed by atoms with van der Waals surface area (Å²) in [5.41, 5.74) is 3.35. The highest BCUT2D eigenvalue weighted by Crippen LogP contribution is 2.30. The Labute approximate surface area is 91.0 Å². The molecule has 0 bridgehead atoms. The number of fused-ring (bicyclic) bond motifs is 1. The molecule has 1 aromatic rings. The minimum Gasteiger partial charge on any atom is -0.326 e. The highest BCUT2D eigenvalue weighted by atomic mass is 79.9. The van der Waals surface area contributed by atoms with Crippen LogP contribution in [-0.4, -0.2) is 5.91 Å². The van der Waals surface area contributed by atoms with Gasteiger partial charge in [0.15, 0.2) is 0 Å². The SMILES string of the molecule is CC(=O)Nc1ccc(Br)c2c1CNC2. The van der Waals surface area contributed by atoms with Gasteiger partial charge in [-0.3, -0.25) is 4.79 Å². The molecule has 1 aromatic carbocycles. The standard InChI is InChI=1S/C10H11BrN2O/c1-6(14)13-10-3-2-9(11)7-4-12-5-8(7)10/h2-3,12H,4-5H2,1H3,(H,13,14). The molecular weight excluding hydrogens is 244 g/mol. The lowest BCUT2D eigenvalue weighted by Gasteiger charge is -2.09. The largest absolute Gasteiger partial charge is 0.326 e. The Hall–Kier alpha value is -0.870. The normalized spacial score (nSPS) is 13.9. The summed E-state index contributed by atoms with van der Waals surface area (Å²) in [7, 11) is 0. The smallest absolute Gasteiger partial charge is 0.221 e. The summed E-state index contributed by atoms with van der Waals surface area (Å²) in [6.07, 6.45) is 0. The van der Waals surface area contributed by atoms with Gasteiger partial charge in [-0.1, -0.05) is 15.9 Å². The number of carbonyl (C=O) groups excluding carboxylic acids is 1. The molecule has 2 N–H and O–H groups in total. The van der Waals surface area contributed by atoms with E-state index in [1.165, 1.54) is 18.1 Å². The molecule has 1 amide bonds. The van der Waals surface area contributed by atoms with Gasteiger partial charge in [-0.05, 0) is 23.3 Å². The van der Waals surface area contributed by atoms with Crippen LogP contribution < -0.4 is 10.6 Å². The van der Waals surface area contributed by atoms with E-state index in [2.05, 4.69) is 26.6 Å². The minimum atomic E-state index is -0.0265. The predicted molar refractivity (Wildman–Crippen MR) is 59.0 cm³/mol. The van der Waals surface area contributed by atoms with Crippen molar-refractivity contribution < 1.29 is 4.79 Å². The van der Waals surface area contributed by atoms with E-state index in [0.29, 0.717) is 0 Å². The molecule has 0 radical (unpaired) electrons. The van der Waals surface area contributed by atoms with Gasteiger partial charge in [0.05, 0.1) is 0 Å². The van der Waals surface area contributed by atoms with Crippen LogP contribution in [0, 0.1) is 0 Å². The first-order chi connectivity index (χ1) is 6.68. The van der Waals surface area contributed by atoms with Crippen molar-refractivity contribution in [1.82, 2.24) is 5.32 Å². The summed E-state index contributed by atoms with van der Waals surface area (Å²) >= 11 is 3.49. The first kappa shape index (κ1) is 9.68. The van der Waals surface area contributed by atoms with E-state index in [0.717, 1.165) is 23.2 Å². The number of benzene rings is 1. The van der Waals surface area contributed by atoms with E-state index in [1.807, 2.05) is 12.1 Å². The number of nitrogens with one attached hydrogen (secondary N) is 2. The van der Waals surface area contributed by atoms with Crippen molar-refractivity contribution in [3.63, 3.8) is 0 Å². The number of anilines is 1. The molecular formula is C10H11BrN2O. The summed E-state index contributed by atoms with van der Waals surface area (Å²) in [5.74, 6) is -0.0265. The van der Waals surface area contributed by atoms with Gasteiger partial charge in [0.2, 0.25) is 5.91 Å². The van der Waals surface area contributed by atoms with Crippen LogP contribution in [0.5, 0.6) is 0 Å². The number of hydrogen-bond acceptors (Lipinski definition) is 2. The van der Waals surface area contributed by atoms with Crippen molar-refractivity contribution in [2.45, 2.75) is 20.0 Å². The molecule has 3 nitrogen and oxygen atoms in total. The van der Waals surface area contributed by atoms with Crippen molar-refractivity contribution in [1.29, 1.82) is 0 Å². The van der Waals surface area contributed by atoms with Gasteiger partial charge in [0, 0.05) is 30.2 Å². The van der Waals surface area contributed by atoms with Crippen LogP contribution in [0.3, 0.4) is 0 Å². The van der Waals surface area contributed by atoms with Crippen molar-refractivity contribution in [2.24, 2.45) is 0 Å². The van der Waals surface area contributed by atoms with Crippen LogP contribution in [0.25, 0.3) is 0 Å². The fourth-order valence-electron chi connectivity index (χ4n) is 1.68. The third-order valence-corrected chi connectivity index (χ3v) is 3.03. The second kappa shape index (κ2) is 3.71. The van der Waals surface area contributed by atoms with Crippen LogP contribution in [0.2, 0.25) is 0 Å². The van der Waals surface area contributed by atoms with Crippen molar-refractivity contribution in [3.05, 3.63) is 27.7 Å². The molecule has 0 unspecified atom stereocenters. The van der Waals surface area contributed by atoms with Gasteiger partial charge in [-0.15, -0.1) is 0 Å². The zero-order valence-corrected chi connectivity index (χ0v) is 9.44. The third-order valence-electron chi connectivity index (χ3n) is 2.29. The highest BCUT2D eigenvalue weighted by Gasteiger charge is 2.17. The van der Waals surface area contributed by atoms with Crippen molar-refractivity contribution in [3.8, 4) is 0 Å². The molecule has 0 atom stereocenters. The summed E-state index contributed by atoms with van der Waals surface area (Å²) < 4.78 is 1.10. The molecule has 1 aliphatic rings.